The molecule has 1 amide bonds. The highest BCUT2D eigenvalue weighted by Crippen LogP contribution is 2.16. The fraction of sp³-hybridized carbons (Fsp3) is 0.353. The van der Waals surface area contributed by atoms with E-state index in [9.17, 15) is 4.79 Å². The number of rotatable bonds is 2. The van der Waals surface area contributed by atoms with Crippen molar-refractivity contribution in [3.8, 4) is 0 Å². The molecular weight excluding hydrogens is 276 g/mol. The quantitative estimate of drug-likeness (QED) is 0.851. The van der Waals surface area contributed by atoms with E-state index in [0.29, 0.717) is 0 Å². The first-order valence-electron chi connectivity index (χ1n) is 7.53. The van der Waals surface area contributed by atoms with Crippen LogP contribution < -0.4 is 4.90 Å². The van der Waals surface area contributed by atoms with Gasteiger partial charge in [-0.25, -0.2) is 9.97 Å². The Morgan fingerprint density at radius 1 is 1.05 bits per heavy atom. The molecule has 0 aliphatic carbocycles. The zero-order chi connectivity index (χ0) is 15.5. The van der Waals surface area contributed by atoms with Gasteiger partial charge in [-0.2, -0.15) is 0 Å². The number of hydrogen-bond donors (Lipinski definition) is 0. The SMILES string of the molecule is Cc1cc(N2CCN(C(=O)c3ccccc3C)CC2)ncn1. The lowest BCUT2D eigenvalue weighted by atomic mass is 10.1. The largest absolute Gasteiger partial charge is 0.353 e. The van der Waals surface area contributed by atoms with Crippen molar-refractivity contribution >= 4 is 11.7 Å². The summed E-state index contributed by atoms with van der Waals surface area (Å²) >= 11 is 0. The van der Waals surface area contributed by atoms with Crippen molar-refractivity contribution in [2.24, 2.45) is 0 Å². The molecular formula is C17H20N4O. The van der Waals surface area contributed by atoms with Crippen LogP contribution in [0.15, 0.2) is 36.7 Å². The summed E-state index contributed by atoms with van der Waals surface area (Å²) < 4.78 is 0. The lowest BCUT2D eigenvalue weighted by molar-refractivity contribution is 0.0746. The Morgan fingerprint density at radius 3 is 2.45 bits per heavy atom. The molecule has 2 heterocycles. The summed E-state index contributed by atoms with van der Waals surface area (Å²) in [6, 6.07) is 9.74. The molecule has 5 heteroatoms. The molecule has 2 aromatic rings. The Bertz CT molecular complexity index is 678. The van der Waals surface area contributed by atoms with E-state index in [0.717, 1.165) is 48.8 Å². The Labute approximate surface area is 130 Å². The van der Waals surface area contributed by atoms with Crippen LogP contribution in [0.2, 0.25) is 0 Å². The molecule has 114 valence electrons. The molecule has 1 saturated heterocycles. The van der Waals surface area contributed by atoms with E-state index in [1.807, 2.05) is 49.1 Å². The molecule has 0 atom stereocenters. The second-order valence-corrected chi connectivity index (χ2v) is 5.61. The minimum Gasteiger partial charge on any atom is -0.353 e. The third-order valence-electron chi connectivity index (χ3n) is 4.06. The fourth-order valence-corrected chi connectivity index (χ4v) is 2.74. The van der Waals surface area contributed by atoms with Gasteiger partial charge in [-0.1, -0.05) is 18.2 Å². The molecule has 0 saturated carbocycles. The maximum atomic E-state index is 12.6. The van der Waals surface area contributed by atoms with E-state index in [4.69, 9.17) is 0 Å². The predicted molar refractivity (Wildman–Crippen MR) is 86.1 cm³/mol. The van der Waals surface area contributed by atoms with Gasteiger partial charge in [0.05, 0.1) is 0 Å². The highest BCUT2D eigenvalue weighted by molar-refractivity contribution is 5.95. The number of amides is 1. The van der Waals surface area contributed by atoms with Gasteiger partial charge in [0.15, 0.2) is 0 Å². The molecule has 1 aliphatic heterocycles. The normalized spacial score (nSPS) is 15.0. The number of nitrogens with zero attached hydrogens (tertiary/aromatic N) is 4. The molecule has 1 aromatic heterocycles. The third-order valence-corrected chi connectivity index (χ3v) is 4.06. The van der Waals surface area contributed by atoms with E-state index in [-0.39, 0.29) is 5.91 Å². The van der Waals surface area contributed by atoms with Crippen LogP contribution in [0.3, 0.4) is 0 Å². The van der Waals surface area contributed by atoms with Crippen LogP contribution in [0.4, 0.5) is 5.82 Å². The van der Waals surface area contributed by atoms with Crippen molar-refractivity contribution < 1.29 is 4.79 Å². The monoisotopic (exact) mass is 296 g/mol. The molecule has 0 bridgehead atoms. The Hall–Kier alpha value is -2.43. The molecule has 0 unspecified atom stereocenters. The molecule has 3 rings (SSSR count). The van der Waals surface area contributed by atoms with Gasteiger partial charge in [-0.15, -0.1) is 0 Å². The predicted octanol–water partition coefficient (Wildman–Crippen LogP) is 2.06. The number of carbonyl (C=O) groups excluding carboxylic acids is 1. The van der Waals surface area contributed by atoms with E-state index < -0.39 is 0 Å². The second kappa shape index (κ2) is 6.13. The van der Waals surface area contributed by atoms with Gasteiger partial charge in [-0.3, -0.25) is 4.79 Å². The van der Waals surface area contributed by atoms with Crippen molar-refractivity contribution in [1.82, 2.24) is 14.9 Å². The highest BCUT2D eigenvalue weighted by atomic mass is 16.2. The number of aryl methyl sites for hydroxylation is 2. The first kappa shape index (κ1) is 14.5. The van der Waals surface area contributed by atoms with Crippen LogP contribution in [-0.4, -0.2) is 47.0 Å². The van der Waals surface area contributed by atoms with Gasteiger partial charge >= 0.3 is 0 Å². The summed E-state index contributed by atoms with van der Waals surface area (Å²) in [6.07, 6.45) is 1.59. The first-order valence-corrected chi connectivity index (χ1v) is 7.53. The number of anilines is 1. The third kappa shape index (κ3) is 2.93. The van der Waals surface area contributed by atoms with Crippen LogP contribution >= 0.6 is 0 Å². The van der Waals surface area contributed by atoms with Crippen LogP contribution in [0.25, 0.3) is 0 Å². The molecule has 22 heavy (non-hydrogen) atoms. The van der Waals surface area contributed by atoms with Crippen molar-refractivity contribution in [3.63, 3.8) is 0 Å². The maximum absolute atomic E-state index is 12.6. The van der Waals surface area contributed by atoms with Crippen LogP contribution in [0.1, 0.15) is 21.6 Å². The summed E-state index contributed by atoms with van der Waals surface area (Å²) in [5.41, 5.74) is 2.79. The lowest BCUT2D eigenvalue weighted by Crippen LogP contribution is -2.49. The molecule has 1 aliphatic rings. The van der Waals surface area contributed by atoms with E-state index in [1.54, 1.807) is 6.33 Å². The fourth-order valence-electron chi connectivity index (χ4n) is 2.74. The second-order valence-electron chi connectivity index (χ2n) is 5.61. The molecule has 1 fully saturated rings. The topological polar surface area (TPSA) is 49.3 Å². The minimum absolute atomic E-state index is 0.122. The van der Waals surface area contributed by atoms with Gasteiger partial charge in [0.25, 0.3) is 5.91 Å². The van der Waals surface area contributed by atoms with Crippen LogP contribution in [-0.2, 0) is 0 Å². The lowest BCUT2D eigenvalue weighted by Gasteiger charge is -2.35. The first-order chi connectivity index (χ1) is 10.6. The molecule has 0 N–H and O–H groups in total. The number of piperazine rings is 1. The molecule has 0 radical (unpaired) electrons. The maximum Gasteiger partial charge on any atom is 0.254 e. The summed E-state index contributed by atoms with van der Waals surface area (Å²) in [6.45, 7) is 6.98. The summed E-state index contributed by atoms with van der Waals surface area (Å²) in [7, 11) is 0. The smallest absolute Gasteiger partial charge is 0.254 e. The zero-order valence-corrected chi connectivity index (χ0v) is 13.0. The van der Waals surface area contributed by atoms with Gasteiger partial charge < -0.3 is 9.80 Å². The van der Waals surface area contributed by atoms with E-state index >= 15 is 0 Å². The zero-order valence-electron chi connectivity index (χ0n) is 13.0. The van der Waals surface area contributed by atoms with Crippen LogP contribution in [0, 0.1) is 13.8 Å². The number of hydrogen-bond acceptors (Lipinski definition) is 4. The van der Waals surface area contributed by atoms with Crippen LogP contribution in [0.5, 0.6) is 0 Å². The number of carbonyl (C=O) groups is 1. The van der Waals surface area contributed by atoms with Crippen molar-refractivity contribution in [3.05, 3.63) is 53.5 Å². The Morgan fingerprint density at radius 2 is 1.77 bits per heavy atom. The molecule has 1 aromatic carbocycles. The van der Waals surface area contributed by atoms with Gasteiger partial charge in [0.2, 0.25) is 0 Å². The number of benzene rings is 1. The Balaban J connectivity index is 1.67. The minimum atomic E-state index is 0.122. The molecule has 5 nitrogen and oxygen atoms in total. The summed E-state index contributed by atoms with van der Waals surface area (Å²) in [4.78, 5) is 25.2. The molecule has 0 spiro atoms. The summed E-state index contributed by atoms with van der Waals surface area (Å²) in [5.74, 6) is 1.06. The standard InChI is InChI=1S/C17H20N4O/c1-13-5-3-4-6-15(13)17(22)21-9-7-20(8-10-21)16-11-14(2)18-12-19-16/h3-6,11-12H,7-10H2,1-2H3. The number of aromatic nitrogens is 2. The summed E-state index contributed by atoms with van der Waals surface area (Å²) in [5, 5.41) is 0. The van der Waals surface area contributed by atoms with Gasteiger partial charge in [0.1, 0.15) is 12.1 Å². The highest BCUT2D eigenvalue weighted by Gasteiger charge is 2.23. The van der Waals surface area contributed by atoms with Crippen molar-refractivity contribution in [2.45, 2.75) is 13.8 Å². The Kier molecular flexibility index (Phi) is 4.04. The van der Waals surface area contributed by atoms with E-state index in [2.05, 4.69) is 14.9 Å². The average Bonchev–Trinajstić information content (AvgIpc) is 2.55. The van der Waals surface area contributed by atoms with Gasteiger partial charge in [0, 0.05) is 43.5 Å². The van der Waals surface area contributed by atoms with Crippen molar-refractivity contribution in [1.29, 1.82) is 0 Å². The average molecular weight is 296 g/mol. The van der Waals surface area contributed by atoms with Crippen molar-refractivity contribution in [2.75, 3.05) is 31.1 Å². The van der Waals surface area contributed by atoms with E-state index in [1.165, 1.54) is 0 Å². The van der Waals surface area contributed by atoms with Gasteiger partial charge in [-0.05, 0) is 25.5 Å².